The van der Waals surface area contributed by atoms with E-state index in [0.29, 0.717) is 11.3 Å². The van der Waals surface area contributed by atoms with Gasteiger partial charge in [-0.1, -0.05) is 0 Å². The van der Waals surface area contributed by atoms with Crippen molar-refractivity contribution in [1.82, 2.24) is 0 Å². The van der Waals surface area contributed by atoms with Gasteiger partial charge >= 0.3 is 0 Å². The van der Waals surface area contributed by atoms with Crippen LogP contribution in [0, 0.1) is 5.82 Å². The molecule has 0 atom stereocenters. The fraction of sp³-hybridized carbons (Fsp3) is 0.417. The van der Waals surface area contributed by atoms with Crippen molar-refractivity contribution in [2.75, 3.05) is 7.11 Å². The van der Waals surface area contributed by atoms with Gasteiger partial charge in [-0.25, -0.2) is 9.18 Å². The standard InChI is InChI=1S/C12H12FNO2/c1-16-11-6-9(5-10(13)7-11)12(14-8-15)3-2-4-12/h5-7H,2-4H2,1H3. The van der Waals surface area contributed by atoms with Crippen LogP contribution < -0.4 is 4.74 Å². The average Bonchev–Trinajstić information content (AvgIpc) is 2.22. The normalized spacial score (nSPS) is 17.1. The predicted molar refractivity (Wildman–Crippen MR) is 56.6 cm³/mol. The Kier molecular flexibility index (Phi) is 2.75. The van der Waals surface area contributed by atoms with Crippen LogP contribution in [0.2, 0.25) is 0 Å². The summed E-state index contributed by atoms with van der Waals surface area (Å²) in [5.74, 6) is 0.0732. The maximum absolute atomic E-state index is 13.3. The number of aliphatic imine (C=N–C) groups is 1. The van der Waals surface area contributed by atoms with Gasteiger partial charge in [0.15, 0.2) is 0 Å². The van der Waals surface area contributed by atoms with E-state index in [9.17, 15) is 9.18 Å². The minimum atomic E-state index is -0.572. The number of methoxy groups -OCH3 is 1. The van der Waals surface area contributed by atoms with Crippen LogP contribution >= 0.6 is 0 Å². The third-order valence-electron chi connectivity index (χ3n) is 3.08. The summed E-state index contributed by atoms with van der Waals surface area (Å²) in [7, 11) is 1.48. The lowest BCUT2D eigenvalue weighted by Gasteiger charge is -2.37. The van der Waals surface area contributed by atoms with Crippen molar-refractivity contribution < 1.29 is 13.9 Å². The van der Waals surface area contributed by atoms with E-state index in [4.69, 9.17) is 4.74 Å². The highest BCUT2D eigenvalue weighted by Gasteiger charge is 2.39. The van der Waals surface area contributed by atoms with Gasteiger partial charge in [-0.2, -0.15) is 4.99 Å². The van der Waals surface area contributed by atoms with Gasteiger partial charge < -0.3 is 4.74 Å². The highest BCUT2D eigenvalue weighted by molar-refractivity contribution is 5.41. The molecule has 0 saturated heterocycles. The summed E-state index contributed by atoms with van der Waals surface area (Å²) in [5.41, 5.74) is 0.121. The molecule has 1 saturated carbocycles. The lowest BCUT2D eigenvalue weighted by Crippen LogP contribution is -2.32. The topological polar surface area (TPSA) is 38.7 Å². The molecule has 4 heteroatoms. The second-order valence-electron chi connectivity index (χ2n) is 3.97. The van der Waals surface area contributed by atoms with Gasteiger partial charge in [-0.05, 0) is 37.0 Å². The molecule has 0 bridgehead atoms. The maximum atomic E-state index is 13.3. The molecule has 0 N–H and O–H groups in total. The van der Waals surface area contributed by atoms with Crippen molar-refractivity contribution in [2.45, 2.75) is 24.8 Å². The van der Waals surface area contributed by atoms with Crippen molar-refractivity contribution in [1.29, 1.82) is 0 Å². The fourth-order valence-electron chi connectivity index (χ4n) is 2.01. The van der Waals surface area contributed by atoms with Crippen LogP contribution in [0.5, 0.6) is 5.75 Å². The van der Waals surface area contributed by atoms with Gasteiger partial charge in [0.25, 0.3) is 0 Å². The SMILES string of the molecule is COc1cc(F)cc(C2(N=C=O)CCC2)c1. The minimum absolute atomic E-state index is 0.373. The Balaban J connectivity index is 2.45. The van der Waals surface area contributed by atoms with Crippen molar-refractivity contribution in [3.63, 3.8) is 0 Å². The Hall–Kier alpha value is -1.67. The summed E-state index contributed by atoms with van der Waals surface area (Å²) in [4.78, 5) is 14.2. The first-order valence-corrected chi connectivity index (χ1v) is 5.14. The zero-order valence-corrected chi connectivity index (χ0v) is 9.00. The van der Waals surface area contributed by atoms with Gasteiger partial charge in [0, 0.05) is 6.07 Å². The zero-order valence-electron chi connectivity index (χ0n) is 9.00. The molecule has 1 aromatic carbocycles. The Morgan fingerprint density at radius 3 is 2.69 bits per heavy atom. The van der Waals surface area contributed by atoms with Crippen LogP contribution in [0.4, 0.5) is 4.39 Å². The zero-order chi connectivity index (χ0) is 11.6. The van der Waals surface area contributed by atoms with Crippen molar-refractivity contribution in [3.8, 4) is 5.75 Å². The van der Waals surface area contributed by atoms with E-state index in [1.807, 2.05) is 0 Å². The van der Waals surface area contributed by atoms with E-state index in [1.165, 1.54) is 19.2 Å². The molecule has 0 spiro atoms. The number of ether oxygens (including phenoxy) is 1. The van der Waals surface area contributed by atoms with E-state index < -0.39 is 5.54 Å². The van der Waals surface area contributed by atoms with Gasteiger partial charge in [-0.15, -0.1) is 0 Å². The van der Waals surface area contributed by atoms with Gasteiger partial charge in [-0.3, -0.25) is 0 Å². The van der Waals surface area contributed by atoms with Crippen molar-refractivity contribution in [3.05, 3.63) is 29.6 Å². The van der Waals surface area contributed by atoms with Crippen LogP contribution in [0.25, 0.3) is 0 Å². The van der Waals surface area contributed by atoms with Crippen LogP contribution in [-0.2, 0) is 10.3 Å². The summed E-state index contributed by atoms with van der Waals surface area (Å²) < 4.78 is 18.3. The number of rotatable bonds is 3. The number of benzene rings is 1. The largest absolute Gasteiger partial charge is 0.497 e. The number of hydrogen-bond donors (Lipinski definition) is 0. The summed E-state index contributed by atoms with van der Waals surface area (Å²) in [6, 6.07) is 4.44. The van der Waals surface area contributed by atoms with E-state index in [0.717, 1.165) is 19.3 Å². The second kappa shape index (κ2) is 4.06. The lowest BCUT2D eigenvalue weighted by molar-refractivity contribution is 0.254. The molecule has 0 aromatic heterocycles. The van der Waals surface area contributed by atoms with E-state index >= 15 is 0 Å². The predicted octanol–water partition coefficient (Wildman–Crippen LogP) is 2.55. The summed E-state index contributed by atoms with van der Waals surface area (Å²) in [6.45, 7) is 0. The Morgan fingerprint density at radius 1 is 1.44 bits per heavy atom. The molecule has 16 heavy (non-hydrogen) atoms. The number of carbonyl (C=O) groups excluding carboxylic acids is 1. The molecule has 2 rings (SSSR count). The van der Waals surface area contributed by atoms with Gasteiger partial charge in [0.1, 0.15) is 11.6 Å². The van der Waals surface area contributed by atoms with E-state index in [1.54, 1.807) is 12.1 Å². The average molecular weight is 221 g/mol. The number of hydrogen-bond acceptors (Lipinski definition) is 3. The number of halogens is 1. The number of nitrogens with zero attached hydrogens (tertiary/aromatic N) is 1. The van der Waals surface area contributed by atoms with Crippen LogP contribution in [-0.4, -0.2) is 13.2 Å². The molecular formula is C12H12FNO2. The fourth-order valence-corrected chi connectivity index (χ4v) is 2.01. The molecule has 0 heterocycles. The Bertz CT molecular complexity index is 448. The Labute approximate surface area is 93.0 Å². The molecule has 1 aliphatic rings. The maximum Gasteiger partial charge on any atom is 0.235 e. The van der Waals surface area contributed by atoms with Crippen LogP contribution in [0.15, 0.2) is 23.2 Å². The molecule has 3 nitrogen and oxygen atoms in total. The highest BCUT2D eigenvalue weighted by atomic mass is 19.1. The molecule has 1 aromatic rings. The highest BCUT2D eigenvalue weighted by Crippen LogP contribution is 2.45. The number of isocyanates is 1. The monoisotopic (exact) mass is 221 g/mol. The summed E-state index contributed by atoms with van der Waals surface area (Å²) in [6.07, 6.45) is 4.09. The minimum Gasteiger partial charge on any atom is -0.497 e. The smallest absolute Gasteiger partial charge is 0.235 e. The van der Waals surface area contributed by atoms with Gasteiger partial charge in [0.2, 0.25) is 6.08 Å². The third-order valence-corrected chi connectivity index (χ3v) is 3.08. The molecule has 84 valence electrons. The quantitative estimate of drug-likeness (QED) is 0.581. The van der Waals surface area contributed by atoms with Crippen LogP contribution in [0.3, 0.4) is 0 Å². The lowest BCUT2D eigenvalue weighted by atomic mass is 9.72. The van der Waals surface area contributed by atoms with Crippen molar-refractivity contribution in [2.24, 2.45) is 4.99 Å². The first-order valence-electron chi connectivity index (χ1n) is 5.14. The van der Waals surface area contributed by atoms with Gasteiger partial charge in [0.05, 0.1) is 12.6 Å². The first-order chi connectivity index (χ1) is 7.70. The van der Waals surface area contributed by atoms with E-state index in [2.05, 4.69) is 4.99 Å². The molecule has 0 amide bonds. The Morgan fingerprint density at radius 2 is 2.19 bits per heavy atom. The van der Waals surface area contributed by atoms with E-state index in [-0.39, 0.29) is 5.82 Å². The molecule has 1 aliphatic carbocycles. The second-order valence-corrected chi connectivity index (χ2v) is 3.97. The molecule has 1 fully saturated rings. The molecule has 0 radical (unpaired) electrons. The first kappa shape index (κ1) is 10.8. The summed E-state index contributed by atoms with van der Waals surface area (Å²) in [5, 5.41) is 0. The summed E-state index contributed by atoms with van der Waals surface area (Å²) >= 11 is 0. The third kappa shape index (κ3) is 1.72. The molecular weight excluding hydrogens is 209 g/mol. The molecule has 0 unspecified atom stereocenters. The van der Waals surface area contributed by atoms with Crippen LogP contribution in [0.1, 0.15) is 24.8 Å². The molecule has 0 aliphatic heterocycles. The van der Waals surface area contributed by atoms with Crippen molar-refractivity contribution >= 4 is 6.08 Å².